The van der Waals surface area contributed by atoms with Crippen LogP contribution in [-0.2, 0) is 11.9 Å². The molecule has 2 aromatic rings. The number of carbonyl (C=O) groups is 1. The predicted octanol–water partition coefficient (Wildman–Crippen LogP) is 3.21. The van der Waals surface area contributed by atoms with Gasteiger partial charge in [-0.1, -0.05) is 40.2 Å². The van der Waals surface area contributed by atoms with Crippen LogP contribution in [0.15, 0.2) is 42.6 Å². The molecule has 1 aromatic heterocycles. The molecular formula is C15H15BrN2O. The molecule has 2 rings (SSSR count). The number of alkyl halides is 1. The van der Waals surface area contributed by atoms with Gasteiger partial charge in [0.1, 0.15) is 0 Å². The lowest BCUT2D eigenvalue weighted by Gasteiger charge is -2.06. The highest BCUT2D eigenvalue weighted by atomic mass is 79.9. The summed E-state index contributed by atoms with van der Waals surface area (Å²) in [5.74, 6) is -0.0999. The van der Waals surface area contributed by atoms with Crippen LogP contribution >= 0.6 is 15.9 Å². The monoisotopic (exact) mass is 318 g/mol. The van der Waals surface area contributed by atoms with E-state index in [1.807, 2.05) is 37.3 Å². The summed E-state index contributed by atoms with van der Waals surface area (Å²) in [4.78, 5) is 16.0. The summed E-state index contributed by atoms with van der Waals surface area (Å²) in [5.41, 5.74) is 3.79. The topological polar surface area (TPSA) is 42.0 Å². The second-order valence-electron chi connectivity index (χ2n) is 4.32. The Kier molecular flexibility index (Phi) is 4.68. The number of pyridine rings is 1. The molecule has 19 heavy (non-hydrogen) atoms. The Balaban J connectivity index is 1.94. The van der Waals surface area contributed by atoms with E-state index in [0.717, 1.165) is 16.6 Å². The Bertz CT molecular complexity index is 549. The van der Waals surface area contributed by atoms with Gasteiger partial charge in [-0.3, -0.25) is 9.78 Å². The van der Waals surface area contributed by atoms with Crippen molar-refractivity contribution in [2.24, 2.45) is 0 Å². The summed E-state index contributed by atoms with van der Waals surface area (Å²) in [6, 6.07) is 11.7. The second-order valence-corrected chi connectivity index (χ2v) is 4.88. The van der Waals surface area contributed by atoms with Crippen molar-refractivity contribution in [2.75, 3.05) is 0 Å². The highest BCUT2D eigenvalue weighted by Crippen LogP contribution is 2.08. The number of benzene rings is 1. The van der Waals surface area contributed by atoms with Crippen molar-refractivity contribution in [1.82, 2.24) is 10.3 Å². The van der Waals surface area contributed by atoms with Gasteiger partial charge in [-0.15, -0.1) is 0 Å². The standard InChI is InChI=1S/C15H15BrN2O/c1-11-2-7-14(10-17-11)15(19)18-9-13-5-3-12(8-16)4-6-13/h2-7,10H,8-9H2,1H3,(H,18,19). The highest BCUT2D eigenvalue weighted by molar-refractivity contribution is 9.08. The van der Waals surface area contributed by atoms with Crippen molar-refractivity contribution >= 4 is 21.8 Å². The minimum Gasteiger partial charge on any atom is -0.348 e. The van der Waals surface area contributed by atoms with E-state index in [4.69, 9.17) is 0 Å². The molecule has 4 heteroatoms. The van der Waals surface area contributed by atoms with E-state index in [9.17, 15) is 4.79 Å². The molecule has 0 unspecified atom stereocenters. The number of nitrogens with zero attached hydrogens (tertiary/aromatic N) is 1. The first kappa shape index (κ1) is 13.7. The third-order valence-corrected chi connectivity index (χ3v) is 3.45. The van der Waals surface area contributed by atoms with Gasteiger partial charge in [0, 0.05) is 23.8 Å². The van der Waals surface area contributed by atoms with Crippen LogP contribution in [0.4, 0.5) is 0 Å². The number of hydrogen-bond acceptors (Lipinski definition) is 2. The molecule has 0 bridgehead atoms. The molecule has 0 aliphatic heterocycles. The van der Waals surface area contributed by atoms with E-state index in [2.05, 4.69) is 26.2 Å². The second kappa shape index (κ2) is 6.48. The average Bonchev–Trinajstić information content (AvgIpc) is 2.46. The zero-order valence-corrected chi connectivity index (χ0v) is 12.3. The molecule has 0 aliphatic rings. The van der Waals surface area contributed by atoms with Gasteiger partial charge < -0.3 is 5.32 Å². The number of amides is 1. The summed E-state index contributed by atoms with van der Waals surface area (Å²) >= 11 is 3.40. The summed E-state index contributed by atoms with van der Waals surface area (Å²) in [6.07, 6.45) is 1.60. The summed E-state index contributed by atoms with van der Waals surface area (Å²) < 4.78 is 0. The maximum Gasteiger partial charge on any atom is 0.253 e. The molecule has 98 valence electrons. The maximum atomic E-state index is 11.9. The molecule has 1 N–H and O–H groups in total. The number of rotatable bonds is 4. The Morgan fingerprint density at radius 3 is 2.42 bits per heavy atom. The summed E-state index contributed by atoms with van der Waals surface area (Å²) in [6.45, 7) is 2.42. The fraction of sp³-hybridized carbons (Fsp3) is 0.200. The number of nitrogens with one attached hydrogen (secondary N) is 1. The van der Waals surface area contributed by atoms with Crippen LogP contribution in [0.5, 0.6) is 0 Å². The first-order valence-electron chi connectivity index (χ1n) is 6.03. The molecule has 0 fully saturated rings. The molecule has 3 nitrogen and oxygen atoms in total. The van der Waals surface area contributed by atoms with Crippen molar-refractivity contribution in [3.05, 3.63) is 65.0 Å². The normalized spacial score (nSPS) is 10.2. The maximum absolute atomic E-state index is 11.9. The Morgan fingerprint density at radius 2 is 1.84 bits per heavy atom. The van der Waals surface area contributed by atoms with Gasteiger partial charge in [-0.05, 0) is 30.2 Å². The van der Waals surface area contributed by atoms with Crippen molar-refractivity contribution < 1.29 is 4.79 Å². The van der Waals surface area contributed by atoms with Gasteiger partial charge >= 0.3 is 0 Å². The van der Waals surface area contributed by atoms with Gasteiger partial charge in [0.15, 0.2) is 0 Å². The van der Waals surface area contributed by atoms with E-state index >= 15 is 0 Å². The van der Waals surface area contributed by atoms with Crippen LogP contribution < -0.4 is 5.32 Å². The fourth-order valence-electron chi connectivity index (χ4n) is 1.63. The van der Waals surface area contributed by atoms with Gasteiger partial charge in [0.05, 0.1) is 5.56 Å². The lowest BCUT2D eigenvalue weighted by Crippen LogP contribution is -2.22. The molecule has 1 heterocycles. The first-order valence-corrected chi connectivity index (χ1v) is 7.16. The molecule has 0 saturated carbocycles. The van der Waals surface area contributed by atoms with E-state index < -0.39 is 0 Å². The minimum absolute atomic E-state index is 0.0999. The third-order valence-electron chi connectivity index (χ3n) is 2.80. The Labute approximate surface area is 121 Å². The van der Waals surface area contributed by atoms with Crippen molar-refractivity contribution in [3.63, 3.8) is 0 Å². The van der Waals surface area contributed by atoms with Crippen molar-refractivity contribution in [3.8, 4) is 0 Å². The van der Waals surface area contributed by atoms with Crippen molar-refractivity contribution in [2.45, 2.75) is 18.8 Å². The van der Waals surface area contributed by atoms with Crippen LogP contribution in [0, 0.1) is 6.92 Å². The Hall–Kier alpha value is -1.68. The molecule has 1 amide bonds. The van der Waals surface area contributed by atoms with Crippen LogP contribution in [0.1, 0.15) is 27.2 Å². The lowest BCUT2D eigenvalue weighted by molar-refractivity contribution is 0.0950. The summed E-state index contributed by atoms with van der Waals surface area (Å²) in [5, 5.41) is 3.72. The zero-order valence-electron chi connectivity index (χ0n) is 10.7. The van der Waals surface area contributed by atoms with Crippen LogP contribution in [0.3, 0.4) is 0 Å². The largest absolute Gasteiger partial charge is 0.348 e. The Morgan fingerprint density at radius 1 is 1.16 bits per heavy atom. The average molecular weight is 319 g/mol. The molecule has 0 atom stereocenters. The van der Waals surface area contributed by atoms with E-state index in [-0.39, 0.29) is 5.91 Å². The smallest absolute Gasteiger partial charge is 0.253 e. The molecule has 0 aliphatic carbocycles. The SMILES string of the molecule is Cc1ccc(C(=O)NCc2ccc(CBr)cc2)cn1. The number of carbonyl (C=O) groups excluding carboxylic acids is 1. The van der Waals surface area contributed by atoms with Gasteiger partial charge in [-0.2, -0.15) is 0 Å². The highest BCUT2D eigenvalue weighted by Gasteiger charge is 2.05. The zero-order chi connectivity index (χ0) is 13.7. The molecular weight excluding hydrogens is 304 g/mol. The van der Waals surface area contributed by atoms with E-state index in [0.29, 0.717) is 12.1 Å². The number of aryl methyl sites for hydroxylation is 1. The van der Waals surface area contributed by atoms with E-state index in [1.54, 1.807) is 12.3 Å². The number of halogens is 1. The van der Waals surface area contributed by atoms with Gasteiger partial charge in [-0.25, -0.2) is 0 Å². The summed E-state index contributed by atoms with van der Waals surface area (Å²) in [7, 11) is 0. The number of hydrogen-bond donors (Lipinski definition) is 1. The predicted molar refractivity (Wildman–Crippen MR) is 79.2 cm³/mol. The van der Waals surface area contributed by atoms with Gasteiger partial charge in [0.2, 0.25) is 0 Å². The minimum atomic E-state index is -0.0999. The molecule has 1 aromatic carbocycles. The molecule has 0 spiro atoms. The molecule has 0 radical (unpaired) electrons. The van der Waals surface area contributed by atoms with Crippen LogP contribution in [0.2, 0.25) is 0 Å². The molecule has 0 saturated heterocycles. The fourth-order valence-corrected chi connectivity index (χ4v) is 2.01. The first-order chi connectivity index (χ1) is 9.19. The lowest BCUT2D eigenvalue weighted by atomic mass is 10.1. The quantitative estimate of drug-likeness (QED) is 0.879. The van der Waals surface area contributed by atoms with Gasteiger partial charge in [0.25, 0.3) is 5.91 Å². The third kappa shape index (κ3) is 3.89. The van der Waals surface area contributed by atoms with Crippen LogP contribution in [-0.4, -0.2) is 10.9 Å². The van der Waals surface area contributed by atoms with Crippen LogP contribution in [0.25, 0.3) is 0 Å². The number of aromatic nitrogens is 1. The van der Waals surface area contributed by atoms with E-state index in [1.165, 1.54) is 5.56 Å². The van der Waals surface area contributed by atoms with Crippen molar-refractivity contribution in [1.29, 1.82) is 0 Å².